The molecule has 2 N–H and O–H groups in total. The number of hydrogen-bond acceptors (Lipinski definition) is 5. The quantitative estimate of drug-likeness (QED) is 0.733. The smallest absolute Gasteiger partial charge is 0.221 e. The summed E-state index contributed by atoms with van der Waals surface area (Å²) in [5.74, 6) is -0.515. The summed E-state index contributed by atoms with van der Waals surface area (Å²) in [6, 6.07) is 0. The van der Waals surface area contributed by atoms with Crippen LogP contribution >= 0.6 is 0 Å². The third-order valence-electron chi connectivity index (χ3n) is 8.32. The lowest BCUT2D eigenvalue weighted by Gasteiger charge is -2.59. The van der Waals surface area contributed by atoms with Gasteiger partial charge in [-0.1, -0.05) is 19.4 Å². The van der Waals surface area contributed by atoms with Crippen LogP contribution in [0.25, 0.3) is 0 Å². The Balaban J connectivity index is 1.72. The second-order valence-corrected chi connectivity index (χ2v) is 9.42. The standard InChI is InChI=1S/C21H28O5/c1-20-8-16(24)15(23)7-11(20)3-4-12-13-5-6-14(18(26)10-22)21(13,2)9-17(25)19(12)20/h7,12-14,17,19,22,25H,3-6,8-10H2,1-2H3/t12-,13-,14+,17-,19+,20-,21-/m0/s1. The van der Waals surface area contributed by atoms with Crippen LogP contribution in [0.3, 0.4) is 0 Å². The van der Waals surface area contributed by atoms with E-state index in [1.807, 2.05) is 6.92 Å². The molecule has 7 atom stereocenters. The molecular weight excluding hydrogens is 332 g/mol. The molecule has 5 nitrogen and oxygen atoms in total. The van der Waals surface area contributed by atoms with E-state index in [-0.39, 0.29) is 41.2 Å². The monoisotopic (exact) mass is 360 g/mol. The van der Waals surface area contributed by atoms with Crippen molar-refractivity contribution in [1.82, 2.24) is 0 Å². The first-order valence-corrected chi connectivity index (χ1v) is 9.82. The maximum atomic E-state index is 12.3. The maximum Gasteiger partial charge on any atom is 0.221 e. The van der Waals surface area contributed by atoms with E-state index in [0.29, 0.717) is 12.3 Å². The summed E-state index contributed by atoms with van der Waals surface area (Å²) in [5.41, 5.74) is 0.284. The van der Waals surface area contributed by atoms with Gasteiger partial charge in [0.05, 0.1) is 6.10 Å². The van der Waals surface area contributed by atoms with Gasteiger partial charge in [0.2, 0.25) is 11.6 Å². The Morgan fingerprint density at radius 2 is 1.96 bits per heavy atom. The molecule has 3 saturated carbocycles. The summed E-state index contributed by atoms with van der Waals surface area (Å²) < 4.78 is 0. The van der Waals surface area contributed by atoms with Gasteiger partial charge in [0.25, 0.3) is 0 Å². The van der Waals surface area contributed by atoms with Crippen LogP contribution in [0.5, 0.6) is 0 Å². The number of aliphatic hydroxyl groups excluding tert-OH is 2. The zero-order valence-electron chi connectivity index (χ0n) is 15.5. The Labute approximate surface area is 153 Å². The zero-order chi connectivity index (χ0) is 18.9. The molecule has 0 heterocycles. The minimum Gasteiger partial charge on any atom is -0.393 e. The fourth-order valence-electron chi connectivity index (χ4n) is 7.24. The summed E-state index contributed by atoms with van der Waals surface area (Å²) >= 11 is 0. The summed E-state index contributed by atoms with van der Waals surface area (Å²) in [4.78, 5) is 36.3. The summed E-state index contributed by atoms with van der Waals surface area (Å²) in [7, 11) is 0. The fourth-order valence-corrected chi connectivity index (χ4v) is 7.24. The Bertz CT molecular complexity index is 709. The summed E-state index contributed by atoms with van der Waals surface area (Å²) in [5, 5.41) is 20.5. The molecule has 0 aromatic carbocycles. The van der Waals surface area contributed by atoms with Crippen LogP contribution in [-0.4, -0.2) is 40.3 Å². The van der Waals surface area contributed by atoms with Crippen molar-refractivity contribution in [2.75, 3.05) is 6.61 Å². The van der Waals surface area contributed by atoms with Crippen molar-refractivity contribution in [3.05, 3.63) is 11.6 Å². The van der Waals surface area contributed by atoms with Crippen molar-refractivity contribution >= 4 is 17.3 Å². The van der Waals surface area contributed by atoms with Crippen molar-refractivity contribution in [2.24, 2.45) is 34.5 Å². The molecule has 4 aliphatic rings. The number of aliphatic hydroxyl groups is 2. The number of carbonyl (C=O) groups excluding carboxylic acids is 3. The largest absolute Gasteiger partial charge is 0.393 e. The summed E-state index contributed by atoms with van der Waals surface area (Å²) in [6.45, 7) is 3.71. The maximum absolute atomic E-state index is 12.3. The lowest BCUT2D eigenvalue weighted by molar-refractivity contribution is -0.150. The van der Waals surface area contributed by atoms with Crippen LogP contribution in [0.15, 0.2) is 11.6 Å². The van der Waals surface area contributed by atoms with Crippen molar-refractivity contribution in [2.45, 2.75) is 58.5 Å². The van der Waals surface area contributed by atoms with Crippen LogP contribution in [0, 0.1) is 34.5 Å². The molecule has 26 heavy (non-hydrogen) atoms. The van der Waals surface area contributed by atoms with Crippen molar-refractivity contribution in [1.29, 1.82) is 0 Å². The highest BCUT2D eigenvalue weighted by Crippen LogP contribution is 2.66. The van der Waals surface area contributed by atoms with Gasteiger partial charge in [-0.15, -0.1) is 0 Å². The second-order valence-electron chi connectivity index (χ2n) is 9.42. The molecule has 0 amide bonds. The average Bonchev–Trinajstić information content (AvgIpc) is 2.91. The molecule has 3 fully saturated rings. The molecule has 0 unspecified atom stereocenters. The highest BCUT2D eigenvalue weighted by Gasteiger charge is 2.63. The highest BCUT2D eigenvalue weighted by molar-refractivity contribution is 6.42. The lowest BCUT2D eigenvalue weighted by atomic mass is 9.45. The zero-order valence-corrected chi connectivity index (χ0v) is 15.5. The molecule has 0 aromatic heterocycles. The van der Waals surface area contributed by atoms with E-state index < -0.39 is 23.9 Å². The second kappa shape index (κ2) is 5.83. The molecule has 142 valence electrons. The third kappa shape index (κ3) is 2.26. The number of carbonyl (C=O) groups is 3. The van der Waals surface area contributed by atoms with Crippen LogP contribution in [0.4, 0.5) is 0 Å². The molecule has 0 spiro atoms. The van der Waals surface area contributed by atoms with Gasteiger partial charge in [0, 0.05) is 17.8 Å². The first-order chi connectivity index (χ1) is 12.2. The fraction of sp³-hybridized carbons (Fsp3) is 0.762. The van der Waals surface area contributed by atoms with Gasteiger partial charge in [-0.2, -0.15) is 0 Å². The molecule has 0 bridgehead atoms. The minimum atomic E-state index is -0.594. The predicted octanol–water partition coefficient (Wildman–Crippen LogP) is 1.85. The first-order valence-electron chi connectivity index (χ1n) is 9.82. The molecule has 4 aliphatic carbocycles. The molecule has 4 rings (SSSR count). The third-order valence-corrected chi connectivity index (χ3v) is 8.32. The van der Waals surface area contributed by atoms with Crippen molar-refractivity contribution in [3.63, 3.8) is 0 Å². The van der Waals surface area contributed by atoms with Gasteiger partial charge in [0.15, 0.2) is 5.78 Å². The van der Waals surface area contributed by atoms with Gasteiger partial charge in [-0.3, -0.25) is 14.4 Å². The minimum absolute atomic E-state index is 0.0411. The normalized spacial score (nSPS) is 47.7. The Morgan fingerprint density at radius 3 is 2.65 bits per heavy atom. The number of hydrogen-bond donors (Lipinski definition) is 2. The number of ketones is 3. The van der Waals surface area contributed by atoms with Gasteiger partial charge in [0.1, 0.15) is 6.61 Å². The number of rotatable bonds is 2. The first kappa shape index (κ1) is 18.1. The number of allylic oxidation sites excluding steroid dienone is 1. The van der Waals surface area contributed by atoms with E-state index in [4.69, 9.17) is 0 Å². The topological polar surface area (TPSA) is 91.7 Å². The van der Waals surface area contributed by atoms with Gasteiger partial charge in [-0.25, -0.2) is 0 Å². The van der Waals surface area contributed by atoms with Gasteiger partial charge in [-0.05, 0) is 61.3 Å². The van der Waals surface area contributed by atoms with Crippen LogP contribution in [-0.2, 0) is 14.4 Å². The van der Waals surface area contributed by atoms with E-state index in [2.05, 4.69) is 6.92 Å². The summed E-state index contributed by atoms with van der Waals surface area (Å²) in [6.07, 6.45) is 5.03. The predicted molar refractivity (Wildman–Crippen MR) is 94.1 cm³/mol. The highest BCUT2D eigenvalue weighted by atomic mass is 16.3. The SMILES string of the molecule is C[C@]12C[C@H](O)[C@H]3[C@@H](CCC4=CC(=O)C(=O)C[C@@]43C)[C@@H]1CC[C@@H]2C(=O)CO. The molecule has 0 saturated heterocycles. The van der Waals surface area contributed by atoms with E-state index in [1.165, 1.54) is 6.08 Å². The molecular formula is C21H28O5. The average molecular weight is 360 g/mol. The van der Waals surface area contributed by atoms with E-state index in [9.17, 15) is 24.6 Å². The van der Waals surface area contributed by atoms with Crippen LogP contribution < -0.4 is 0 Å². The Hall–Kier alpha value is -1.33. The van der Waals surface area contributed by atoms with Gasteiger partial charge >= 0.3 is 0 Å². The van der Waals surface area contributed by atoms with Crippen LogP contribution in [0.2, 0.25) is 0 Å². The van der Waals surface area contributed by atoms with E-state index >= 15 is 0 Å². The van der Waals surface area contributed by atoms with Crippen LogP contribution in [0.1, 0.15) is 52.4 Å². The Morgan fingerprint density at radius 1 is 1.23 bits per heavy atom. The number of fused-ring (bicyclic) bond motifs is 5. The lowest BCUT2D eigenvalue weighted by Crippen LogP contribution is -2.57. The number of Topliss-reactive ketones (excluding diaryl/α,β-unsaturated/α-hetero) is 2. The van der Waals surface area contributed by atoms with E-state index in [0.717, 1.165) is 31.3 Å². The molecule has 0 radical (unpaired) electrons. The molecule has 0 aliphatic heterocycles. The molecule has 0 aromatic rings. The van der Waals surface area contributed by atoms with Crippen molar-refractivity contribution < 1.29 is 24.6 Å². The van der Waals surface area contributed by atoms with E-state index in [1.54, 1.807) is 0 Å². The Kier molecular flexibility index (Phi) is 4.05. The molecule has 5 heteroatoms. The van der Waals surface area contributed by atoms with Gasteiger partial charge < -0.3 is 10.2 Å². The van der Waals surface area contributed by atoms with Crippen molar-refractivity contribution in [3.8, 4) is 0 Å².